The van der Waals surface area contributed by atoms with Crippen LogP contribution in [-0.2, 0) is 0 Å². The number of carboxylic acid groups (broad SMARTS) is 1. The highest BCUT2D eigenvalue weighted by atomic mass is 35.5. The molecule has 4 aromatic rings. The summed E-state index contributed by atoms with van der Waals surface area (Å²) in [6, 6.07) is 13.8. The van der Waals surface area contributed by atoms with Gasteiger partial charge in [0, 0.05) is 5.56 Å². The first-order chi connectivity index (χ1) is 14.7. The molecular weight excluding hydrogens is 416 g/mol. The van der Waals surface area contributed by atoms with Crippen molar-refractivity contribution in [3.05, 3.63) is 96.9 Å². The number of H-pyrrole nitrogens is 1. The number of aromatic nitrogens is 2. The quantitative estimate of drug-likeness (QED) is 0.513. The van der Waals surface area contributed by atoms with Gasteiger partial charge in [0.05, 0.1) is 26.8 Å². The second-order valence-electron chi connectivity index (χ2n) is 7.26. The van der Waals surface area contributed by atoms with Gasteiger partial charge >= 0.3 is 5.97 Å². The fraction of sp³-hybridized carbons (Fsp3) is 0.0833. The lowest BCUT2D eigenvalue weighted by Crippen LogP contribution is -2.33. The Balaban J connectivity index is 1.75. The van der Waals surface area contributed by atoms with Gasteiger partial charge in [0.2, 0.25) is 0 Å². The van der Waals surface area contributed by atoms with Crippen molar-refractivity contribution in [2.45, 2.75) is 13.8 Å². The normalized spacial score (nSPS) is 11.8. The maximum Gasteiger partial charge on any atom is 0.337 e. The van der Waals surface area contributed by atoms with Crippen LogP contribution >= 0.6 is 11.6 Å². The van der Waals surface area contributed by atoms with Gasteiger partial charge in [-0.15, -0.1) is 0 Å². The molecule has 0 spiro atoms. The predicted molar refractivity (Wildman–Crippen MR) is 120 cm³/mol. The van der Waals surface area contributed by atoms with Gasteiger partial charge in [-0.1, -0.05) is 24.2 Å². The van der Waals surface area contributed by atoms with Crippen LogP contribution in [0.1, 0.15) is 27.2 Å². The molecule has 4 rings (SSSR count). The first-order valence-electron chi connectivity index (χ1n) is 9.47. The van der Waals surface area contributed by atoms with Gasteiger partial charge in [-0.3, -0.25) is 9.89 Å². The number of aryl methyl sites for hydroxylation is 2. The zero-order valence-electron chi connectivity index (χ0n) is 16.9. The molecule has 0 bridgehead atoms. The predicted octanol–water partition coefficient (Wildman–Crippen LogP) is 3.63. The van der Waals surface area contributed by atoms with Crippen LogP contribution in [0.5, 0.6) is 0 Å². The van der Waals surface area contributed by atoms with Gasteiger partial charge in [-0.2, -0.15) is 0 Å². The van der Waals surface area contributed by atoms with Crippen molar-refractivity contribution in [3.63, 3.8) is 0 Å². The molecule has 7 heteroatoms. The summed E-state index contributed by atoms with van der Waals surface area (Å²) in [5.74, 6) is -0.220. The number of halogens is 1. The number of aromatic carboxylic acids is 1. The lowest BCUT2D eigenvalue weighted by molar-refractivity contribution is 0.0697. The van der Waals surface area contributed by atoms with Crippen molar-refractivity contribution < 1.29 is 14.3 Å². The highest BCUT2D eigenvalue weighted by Crippen LogP contribution is 2.27. The Morgan fingerprint density at radius 2 is 1.90 bits per heavy atom. The summed E-state index contributed by atoms with van der Waals surface area (Å²) in [5, 5.41) is 13.2. The van der Waals surface area contributed by atoms with Crippen LogP contribution in [0.15, 0.2) is 57.7 Å². The molecule has 2 N–H and O–H groups in total. The molecule has 0 aliphatic carbocycles. The van der Waals surface area contributed by atoms with Gasteiger partial charge in [0.1, 0.15) is 11.5 Å². The SMILES string of the molecule is C=c1[nH]n(-c2ccc(C)c(C)c2)c(=O)/c1=C/c1ccc(-c2ccc(Cl)c(C(=O)O)c2)o1. The molecule has 2 aromatic carbocycles. The van der Waals surface area contributed by atoms with Gasteiger partial charge in [-0.25, -0.2) is 9.48 Å². The van der Waals surface area contributed by atoms with E-state index in [-0.39, 0.29) is 16.1 Å². The zero-order chi connectivity index (χ0) is 22.3. The van der Waals surface area contributed by atoms with Crippen molar-refractivity contribution in [2.24, 2.45) is 0 Å². The molecule has 0 saturated heterocycles. The number of nitrogens with zero attached hydrogens (tertiary/aromatic N) is 1. The molecule has 31 heavy (non-hydrogen) atoms. The van der Waals surface area contributed by atoms with Gasteiger partial charge in [-0.05, 0) is 73.5 Å². The van der Waals surface area contributed by atoms with E-state index in [2.05, 4.69) is 11.7 Å². The summed E-state index contributed by atoms with van der Waals surface area (Å²) in [5.41, 5.74) is 3.25. The first kappa shape index (κ1) is 20.5. The molecule has 0 fully saturated rings. The Hall–Kier alpha value is -3.77. The van der Waals surface area contributed by atoms with Crippen LogP contribution in [0.3, 0.4) is 0 Å². The van der Waals surface area contributed by atoms with E-state index >= 15 is 0 Å². The lowest BCUT2D eigenvalue weighted by Gasteiger charge is -2.04. The van der Waals surface area contributed by atoms with E-state index in [1.54, 1.807) is 24.3 Å². The number of hydrogen-bond acceptors (Lipinski definition) is 3. The Kier molecular flexibility index (Phi) is 5.17. The van der Waals surface area contributed by atoms with E-state index < -0.39 is 5.97 Å². The van der Waals surface area contributed by atoms with Crippen LogP contribution in [-0.4, -0.2) is 20.9 Å². The van der Waals surface area contributed by atoms with E-state index in [4.69, 9.17) is 16.0 Å². The Morgan fingerprint density at radius 1 is 1.13 bits per heavy atom. The molecule has 156 valence electrons. The van der Waals surface area contributed by atoms with E-state index in [1.807, 2.05) is 32.0 Å². The number of nitrogens with one attached hydrogen (secondary N) is 1. The van der Waals surface area contributed by atoms with Crippen LogP contribution in [0.25, 0.3) is 29.7 Å². The summed E-state index contributed by atoms with van der Waals surface area (Å²) < 4.78 is 7.27. The second kappa shape index (κ2) is 7.81. The lowest BCUT2D eigenvalue weighted by atomic mass is 10.1. The fourth-order valence-electron chi connectivity index (χ4n) is 3.26. The van der Waals surface area contributed by atoms with Crippen molar-refractivity contribution >= 4 is 30.2 Å². The zero-order valence-corrected chi connectivity index (χ0v) is 17.7. The Bertz CT molecular complexity index is 1490. The summed E-state index contributed by atoms with van der Waals surface area (Å²) in [4.78, 5) is 24.3. The third-order valence-corrected chi connectivity index (χ3v) is 5.48. The highest BCUT2D eigenvalue weighted by molar-refractivity contribution is 6.33. The average molecular weight is 435 g/mol. The minimum atomic E-state index is -1.12. The first-order valence-corrected chi connectivity index (χ1v) is 9.85. The van der Waals surface area contributed by atoms with Gasteiger partial charge in [0.25, 0.3) is 5.56 Å². The summed E-state index contributed by atoms with van der Waals surface area (Å²) in [6.07, 6.45) is 1.61. The smallest absolute Gasteiger partial charge is 0.337 e. The van der Waals surface area contributed by atoms with Gasteiger partial charge < -0.3 is 9.52 Å². The van der Waals surface area contributed by atoms with Crippen molar-refractivity contribution in [1.82, 2.24) is 9.78 Å². The number of furan rings is 1. The topological polar surface area (TPSA) is 88.2 Å². The molecule has 0 aliphatic heterocycles. The third kappa shape index (κ3) is 3.85. The highest BCUT2D eigenvalue weighted by Gasteiger charge is 2.13. The van der Waals surface area contributed by atoms with Crippen molar-refractivity contribution in [2.75, 3.05) is 0 Å². The largest absolute Gasteiger partial charge is 0.478 e. The summed E-state index contributed by atoms with van der Waals surface area (Å²) in [6.45, 7) is 7.94. The number of hydrogen-bond donors (Lipinski definition) is 2. The number of carboxylic acids is 1. The van der Waals surface area contributed by atoms with Gasteiger partial charge in [0.15, 0.2) is 0 Å². The van der Waals surface area contributed by atoms with E-state index in [9.17, 15) is 14.7 Å². The minimum Gasteiger partial charge on any atom is -0.478 e. The number of rotatable bonds is 4. The maximum atomic E-state index is 13.0. The summed E-state index contributed by atoms with van der Waals surface area (Å²) >= 11 is 5.93. The average Bonchev–Trinajstić information content (AvgIpc) is 3.30. The molecule has 0 aliphatic rings. The Morgan fingerprint density at radius 3 is 2.61 bits per heavy atom. The molecule has 2 heterocycles. The molecular formula is C24H19ClN2O4. The van der Waals surface area contributed by atoms with Crippen LogP contribution < -0.4 is 16.1 Å². The van der Waals surface area contributed by atoms with E-state index in [1.165, 1.54) is 16.8 Å². The fourth-order valence-corrected chi connectivity index (χ4v) is 3.46. The molecule has 0 unspecified atom stereocenters. The van der Waals surface area contributed by atoms with E-state index in [0.717, 1.165) is 16.8 Å². The molecule has 6 nitrogen and oxygen atoms in total. The van der Waals surface area contributed by atoms with Crippen LogP contribution in [0.2, 0.25) is 5.02 Å². The second-order valence-corrected chi connectivity index (χ2v) is 7.67. The Labute approximate surface area is 182 Å². The van der Waals surface area contributed by atoms with Crippen molar-refractivity contribution in [1.29, 1.82) is 0 Å². The molecule has 0 saturated carbocycles. The van der Waals surface area contributed by atoms with E-state index in [0.29, 0.717) is 27.7 Å². The molecule has 2 aromatic heterocycles. The number of aromatic amines is 1. The van der Waals surface area contributed by atoms with Crippen LogP contribution in [0, 0.1) is 13.8 Å². The summed E-state index contributed by atoms with van der Waals surface area (Å²) in [7, 11) is 0. The maximum absolute atomic E-state index is 13.0. The molecule has 0 atom stereocenters. The van der Waals surface area contributed by atoms with Crippen LogP contribution in [0.4, 0.5) is 0 Å². The molecule has 0 radical (unpaired) electrons. The standard InChI is InChI=1S/C24H19ClN2O4/c1-13-4-6-17(10-14(13)2)27-23(28)19(15(3)26-27)12-18-7-9-22(31-18)16-5-8-21(25)20(11-16)24(29)30/h4-12,26H,3H2,1-2H3,(H,29,30)/b19-12+. The number of benzene rings is 2. The van der Waals surface area contributed by atoms with Crippen molar-refractivity contribution in [3.8, 4) is 17.0 Å². The molecule has 0 amide bonds. The third-order valence-electron chi connectivity index (χ3n) is 5.15. The number of carbonyl (C=O) groups is 1. The minimum absolute atomic E-state index is 0.0111. The monoisotopic (exact) mass is 434 g/mol.